The Morgan fingerprint density at radius 1 is 1.32 bits per heavy atom. The van der Waals surface area contributed by atoms with Gasteiger partial charge in [-0.3, -0.25) is 4.40 Å². The van der Waals surface area contributed by atoms with Crippen molar-refractivity contribution in [3.8, 4) is 11.4 Å². The molecule has 0 amide bonds. The summed E-state index contributed by atoms with van der Waals surface area (Å²) in [4.78, 5) is 6.22. The van der Waals surface area contributed by atoms with Crippen molar-refractivity contribution in [1.29, 1.82) is 0 Å². The summed E-state index contributed by atoms with van der Waals surface area (Å²) in [6.07, 6.45) is 5.53. The number of fused-ring (bicyclic) bond motifs is 1. The topological polar surface area (TPSA) is 97.7 Å². The normalized spacial score (nSPS) is 13.1. The van der Waals surface area contributed by atoms with E-state index in [9.17, 15) is 10.2 Å². The number of ether oxygens (including phenoxy) is 1. The SMILES string of the molecule is CCc1sc2cncn2c1C(O)c1cn(-c2ccc(OCCC(C)(C)O)c(Cl)c2)nn1. The van der Waals surface area contributed by atoms with Crippen LogP contribution in [0.5, 0.6) is 5.75 Å². The number of hydrogen-bond donors (Lipinski definition) is 2. The zero-order chi connectivity index (χ0) is 22.2. The standard InChI is InChI=1S/C21H24ClN5O3S/c1-4-17-19(26-12-23-10-18(26)31-17)20(28)15-11-27(25-24-15)13-5-6-16(14(22)9-13)30-8-7-21(2,3)29/h5-6,9-12,20,28-29H,4,7-8H2,1-3H3. The third-order valence-corrected chi connectivity index (χ3v) is 6.45. The van der Waals surface area contributed by atoms with Gasteiger partial charge < -0.3 is 14.9 Å². The molecular weight excluding hydrogens is 438 g/mol. The van der Waals surface area contributed by atoms with E-state index in [1.165, 1.54) is 0 Å². The molecule has 4 rings (SSSR count). The smallest absolute Gasteiger partial charge is 0.141 e. The zero-order valence-corrected chi connectivity index (χ0v) is 19.1. The van der Waals surface area contributed by atoms with E-state index in [0.717, 1.165) is 21.8 Å². The molecule has 0 saturated heterocycles. The van der Waals surface area contributed by atoms with E-state index in [1.807, 2.05) is 10.5 Å². The van der Waals surface area contributed by atoms with Gasteiger partial charge in [-0.1, -0.05) is 23.7 Å². The van der Waals surface area contributed by atoms with Gasteiger partial charge in [-0.25, -0.2) is 9.67 Å². The minimum Gasteiger partial charge on any atom is -0.492 e. The number of halogens is 1. The Bertz CT molecular complexity index is 1190. The molecule has 0 saturated carbocycles. The van der Waals surface area contributed by atoms with Gasteiger partial charge in [0.2, 0.25) is 0 Å². The van der Waals surface area contributed by atoms with Crippen LogP contribution in [0.15, 0.2) is 36.9 Å². The number of aryl methyl sites for hydroxylation is 1. The van der Waals surface area contributed by atoms with E-state index in [0.29, 0.717) is 35.2 Å². The molecule has 8 nitrogen and oxygen atoms in total. The molecule has 3 aromatic heterocycles. The van der Waals surface area contributed by atoms with Crippen LogP contribution in [0.25, 0.3) is 10.5 Å². The maximum absolute atomic E-state index is 11.0. The quantitative estimate of drug-likeness (QED) is 0.414. The van der Waals surface area contributed by atoms with Crippen LogP contribution in [-0.2, 0) is 6.42 Å². The number of aliphatic hydroxyl groups is 2. The lowest BCUT2D eigenvalue weighted by Gasteiger charge is -2.17. The first kappa shape index (κ1) is 21.8. The molecule has 0 spiro atoms. The molecule has 0 aliphatic heterocycles. The molecule has 1 unspecified atom stereocenters. The third kappa shape index (κ3) is 4.59. The molecule has 3 heterocycles. The molecule has 1 atom stereocenters. The molecule has 4 aromatic rings. The predicted molar refractivity (Wildman–Crippen MR) is 119 cm³/mol. The van der Waals surface area contributed by atoms with Gasteiger partial charge in [0, 0.05) is 11.3 Å². The van der Waals surface area contributed by atoms with Crippen LogP contribution < -0.4 is 4.74 Å². The first-order valence-electron chi connectivity index (χ1n) is 9.96. The van der Waals surface area contributed by atoms with Crippen molar-refractivity contribution < 1.29 is 14.9 Å². The molecular formula is C21H24ClN5O3S. The van der Waals surface area contributed by atoms with E-state index in [-0.39, 0.29) is 0 Å². The first-order chi connectivity index (χ1) is 14.8. The summed E-state index contributed by atoms with van der Waals surface area (Å²) in [5, 5.41) is 29.6. The van der Waals surface area contributed by atoms with E-state index in [2.05, 4.69) is 22.2 Å². The highest BCUT2D eigenvalue weighted by Gasteiger charge is 2.23. The van der Waals surface area contributed by atoms with Gasteiger partial charge in [-0.2, -0.15) is 0 Å². The van der Waals surface area contributed by atoms with Gasteiger partial charge in [-0.15, -0.1) is 16.4 Å². The Morgan fingerprint density at radius 2 is 2.13 bits per heavy atom. The number of thiazole rings is 1. The van der Waals surface area contributed by atoms with Crippen LogP contribution in [0.4, 0.5) is 0 Å². The van der Waals surface area contributed by atoms with Gasteiger partial charge >= 0.3 is 0 Å². The molecule has 2 N–H and O–H groups in total. The number of nitrogens with zero attached hydrogens (tertiary/aromatic N) is 5. The number of benzene rings is 1. The fraction of sp³-hybridized carbons (Fsp3) is 0.381. The maximum Gasteiger partial charge on any atom is 0.141 e. The second kappa shape index (κ2) is 8.58. The number of aliphatic hydroxyl groups excluding tert-OH is 1. The highest BCUT2D eigenvalue weighted by molar-refractivity contribution is 7.17. The highest BCUT2D eigenvalue weighted by Crippen LogP contribution is 2.32. The summed E-state index contributed by atoms with van der Waals surface area (Å²) in [5.41, 5.74) is 1.09. The Labute approximate surface area is 188 Å². The second-order valence-corrected chi connectivity index (χ2v) is 9.40. The van der Waals surface area contributed by atoms with Crippen molar-refractivity contribution >= 4 is 27.8 Å². The Kier molecular flexibility index (Phi) is 6.02. The monoisotopic (exact) mass is 461 g/mol. The summed E-state index contributed by atoms with van der Waals surface area (Å²) in [5.74, 6) is 0.531. The summed E-state index contributed by atoms with van der Waals surface area (Å²) >= 11 is 7.97. The van der Waals surface area contributed by atoms with Crippen molar-refractivity contribution in [2.24, 2.45) is 0 Å². The predicted octanol–water partition coefficient (Wildman–Crippen LogP) is 3.81. The molecule has 10 heteroatoms. The van der Waals surface area contributed by atoms with Crippen LogP contribution in [0.2, 0.25) is 5.02 Å². The lowest BCUT2D eigenvalue weighted by atomic mass is 10.1. The lowest BCUT2D eigenvalue weighted by Crippen LogP contribution is -2.21. The van der Waals surface area contributed by atoms with Crippen LogP contribution >= 0.6 is 22.9 Å². The van der Waals surface area contributed by atoms with Crippen LogP contribution in [0.1, 0.15) is 49.6 Å². The van der Waals surface area contributed by atoms with Gasteiger partial charge in [0.05, 0.1) is 41.0 Å². The Morgan fingerprint density at radius 3 is 2.84 bits per heavy atom. The van der Waals surface area contributed by atoms with Crippen LogP contribution in [0.3, 0.4) is 0 Å². The number of aromatic nitrogens is 5. The van der Waals surface area contributed by atoms with Crippen molar-refractivity contribution in [2.45, 2.75) is 45.3 Å². The van der Waals surface area contributed by atoms with E-state index < -0.39 is 11.7 Å². The zero-order valence-electron chi connectivity index (χ0n) is 17.5. The minimum absolute atomic E-state index is 0.353. The number of rotatable bonds is 8. The van der Waals surface area contributed by atoms with E-state index in [1.54, 1.807) is 60.7 Å². The second-order valence-electron chi connectivity index (χ2n) is 7.88. The molecule has 31 heavy (non-hydrogen) atoms. The third-order valence-electron chi connectivity index (χ3n) is 4.90. The van der Waals surface area contributed by atoms with Crippen molar-refractivity contribution in [1.82, 2.24) is 24.4 Å². The van der Waals surface area contributed by atoms with Crippen molar-refractivity contribution in [3.63, 3.8) is 0 Å². The molecule has 0 aliphatic carbocycles. The Hall–Kier alpha value is -2.46. The largest absolute Gasteiger partial charge is 0.492 e. The van der Waals surface area contributed by atoms with Gasteiger partial charge in [0.1, 0.15) is 28.7 Å². The average Bonchev–Trinajstić information content (AvgIpc) is 3.43. The molecule has 0 aliphatic rings. The van der Waals surface area contributed by atoms with Gasteiger partial charge in [0.25, 0.3) is 0 Å². The van der Waals surface area contributed by atoms with Crippen molar-refractivity contribution in [3.05, 3.63) is 58.2 Å². The minimum atomic E-state index is -0.924. The fourth-order valence-electron chi connectivity index (χ4n) is 3.22. The van der Waals surface area contributed by atoms with E-state index >= 15 is 0 Å². The molecule has 1 aromatic carbocycles. The molecule has 0 bridgehead atoms. The highest BCUT2D eigenvalue weighted by atomic mass is 35.5. The van der Waals surface area contributed by atoms with Crippen LogP contribution in [0, 0.1) is 0 Å². The average molecular weight is 462 g/mol. The van der Waals surface area contributed by atoms with Gasteiger partial charge in [0.15, 0.2) is 0 Å². The molecule has 164 valence electrons. The van der Waals surface area contributed by atoms with E-state index in [4.69, 9.17) is 16.3 Å². The summed E-state index contributed by atoms with van der Waals surface area (Å²) in [6.45, 7) is 5.87. The van der Waals surface area contributed by atoms with Crippen LogP contribution in [-0.4, -0.2) is 46.8 Å². The lowest BCUT2D eigenvalue weighted by molar-refractivity contribution is 0.0553. The summed E-state index contributed by atoms with van der Waals surface area (Å²) in [7, 11) is 0. The maximum atomic E-state index is 11.0. The number of hydrogen-bond acceptors (Lipinski definition) is 7. The summed E-state index contributed by atoms with van der Waals surface area (Å²) in [6, 6.07) is 5.29. The fourth-order valence-corrected chi connectivity index (χ4v) is 4.52. The van der Waals surface area contributed by atoms with Crippen molar-refractivity contribution in [2.75, 3.05) is 6.61 Å². The summed E-state index contributed by atoms with van der Waals surface area (Å²) < 4.78 is 9.13. The first-order valence-corrected chi connectivity index (χ1v) is 11.2. The molecule has 0 radical (unpaired) electrons. The Balaban J connectivity index is 1.54. The number of imidazole rings is 1. The molecule has 0 fully saturated rings. The van der Waals surface area contributed by atoms with Gasteiger partial charge in [-0.05, 0) is 38.5 Å².